The number of benzene rings is 1. The first kappa shape index (κ1) is 16.0. The fourth-order valence-corrected chi connectivity index (χ4v) is 3.75. The normalized spacial score (nSPS) is 26.6. The van der Waals surface area contributed by atoms with Crippen molar-refractivity contribution in [3.8, 4) is 0 Å². The first-order chi connectivity index (χ1) is 11.0. The van der Waals surface area contributed by atoms with Gasteiger partial charge < -0.3 is 14.9 Å². The fourth-order valence-electron chi connectivity index (χ4n) is 3.75. The van der Waals surface area contributed by atoms with Crippen molar-refractivity contribution in [1.29, 1.82) is 0 Å². The number of hydrogen-bond acceptors (Lipinski definition) is 3. The van der Waals surface area contributed by atoms with E-state index in [0.29, 0.717) is 12.6 Å². The van der Waals surface area contributed by atoms with E-state index in [9.17, 15) is 14.7 Å². The molecule has 0 spiro atoms. The van der Waals surface area contributed by atoms with Crippen LogP contribution in [0, 0.1) is 5.92 Å². The average Bonchev–Trinajstić information content (AvgIpc) is 2.45. The summed E-state index contributed by atoms with van der Waals surface area (Å²) in [5, 5.41) is 9.27. The first-order valence-corrected chi connectivity index (χ1v) is 8.24. The minimum atomic E-state index is -0.857. The third-order valence-corrected chi connectivity index (χ3v) is 5.26. The number of rotatable bonds is 4. The topological polar surface area (TPSA) is 60.9 Å². The van der Waals surface area contributed by atoms with E-state index in [2.05, 4.69) is 4.90 Å². The second-order valence-electron chi connectivity index (χ2n) is 6.88. The van der Waals surface area contributed by atoms with E-state index in [-0.39, 0.29) is 24.3 Å². The van der Waals surface area contributed by atoms with Gasteiger partial charge in [0.15, 0.2) is 0 Å². The Labute approximate surface area is 136 Å². The van der Waals surface area contributed by atoms with Gasteiger partial charge in [0.05, 0.1) is 12.5 Å². The molecule has 1 aliphatic heterocycles. The molecule has 1 aromatic rings. The highest BCUT2D eigenvalue weighted by Gasteiger charge is 2.41. The zero-order valence-electron chi connectivity index (χ0n) is 13.7. The predicted molar refractivity (Wildman–Crippen MR) is 87.1 cm³/mol. The van der Waals surface area contributed by atoms with Crippen LogP contribution < -0.4 is 0 Å². The Kier molecular flexibility index (Phi) is 4.39. The van der Waals surface area contributed by atoms with Crippen molar-refractivity contribution in [2.45, 2.75) is 37.8 Å². The summed E-state index contributed by atoms with van der Waals surface area (Å²) >= 11 is 0. The first-order valence-electron chi connectivity index (χ1n) is 8.24. The number of nitrogens with zero attached hydrogens (tertiary/aromatic N) is 2. The molecular weight excluding hydrogens is 292 g/mol. The number of carbonyl (C=O) groups is 2. The molecule has 5 nitrogen and oxygen atoms in total. The van der Waals surface area contributed by atoms with Gasteiger partial charge in [-0.2, -0.15) is 0 Å². The summed E-state index contributed by atoms with van der Waals surface area (Å²) in [4.78, 5) is 28.1. The zero-order valence-corrected chi connectivity index (χ0v) is 13.7. The summed E-state index contributed by atoms with van der Waals surface area (Å²) in [6, 6.07) is 8.04. The van der Waals surface area contributed by atoms with E-state index in [4.69, 9.17) is 0 Å². The van der Waals surface area contributed by atoms with E-state index in [1.807, 2.05) is 43.3 Å². The largest absolute Gasteiger partial charge is 0.481 e. The molecule has 1 fully saturated rings. The van der Waals surface area contributed by atoms with Gasteiger partial charge in [-0.3, -0.25) is 9.59 Å². The lowest BCUT2D eigenvalue weighted by molar-refractivity contribution is -0.146. The lowest BCUT2D eigenvalue weighted by atomic mass is 9.77. The summed E-state index contributed by atoms with van der Waals surface area (Å²) in [5.74, 6) is -0.683. The van der Waals surface area contributed by atoms with E-state index in [1.54, 1.807) is 0 Å². The number of amides is 1. The molecule has 1 aromatic carbocycles. The standard InChI is InChI=1S/C18H24N2O3/c1-19(2)14-9-13(10-14)18(23)20-8-7-12-5-3-4-6-15(12)16(20)11-17(21)22/h3-6,13-14,16H,7-11H2,1-2H3,(H,21,22)/t13?,14?,16-/m0/s1. The van der Waals surface area contributed by atoms with Crippen LogP contribution in [0.1, 0.15) is 36.4 Å². The van der Waals surface area contributed by atoms with Crippen molar-refractivity contribution in [2.24, 2.45) is 5.92 Å². The van der Waals surface area contributed by atoms with Gasteiger partial charge in [0.2, 0.25) is 5.91 Å². The van der Waals surface area contributed by atoms with Crippen LogP contribution in [0.25, 0.3) is 0 Å². The van der Waals surface area contributed by atoms with E-state index < -0.39 is 5.97 Å². The summed E-state index contributed by atoms with van der Waals surface area (Å²) in [6.45, 7) is 0.622. The SMILES string of the molecule is CN(C)C1CC(C(=O)N2CCc3ccccc3[C@@H]2CC(=O)O)C1. The number of aliphatic carboxylic acids is 1. The van der Waals surface area contributed by atoms with Crippen LogP contribution in [0.15, 0.2) is 24.3 Å². The van der Waals surface area contributed by atoms with Gasteiger partial charge >= 0.3 is 5.97 Å². The predicted octanol–water partition coefficient (Wildman–Crippen LogP) is 1.93. The minimum absolute atomic E-state index is 0.0212. The fraction of sp³-hybridized carbons (Fsp3) is 0.556. The van der Waals surface area contributed by atoms with Crippen molar-refractivity contribution < 1.29 is 14.7 Å². The molecule has 0 unspecified atom stereocenters. The maximum atomic E-state index is 12.9. The third kappa shape index (κ3) is 3.11. The second kappa shape index (κ2) is 6.32. The Morgan fingerprint density at radius 3 is 2.61 bits per heavy atom. The highest BCUT2D eigenvalue weighted by molar-refractivity contribution is 5.81. The van der Waals surface area contributed by atoms with Crippen LogP contribution >= 0.6 is 0 Å². The monoisotopic (exact) mass is 316 g/mol. The quantitative estimate of drug-likeness (QED) is 0.922. The van der Waals surface area contributed by atoms with Crippen LogP contribution in [0.4, 0.5) is 0 Å². The summed E-state index contributed by atoms with van der Waals surface area (Å²) in [7, 11) is 4.07. The highest BCUT2D eigenvalue weighted by atomic mass is 16.4. The van der Waals surface area contributed by atoms with Gasteiger partial charge in [0.25, 0.3) is 0 Å². The molecule has 1 amide bonds. The molecule has 0 bridgehead atoms. The highest BCUT2D eigenvalue weighted by Crippen LogP contribution is 2.38. The Balaban J connectivity index is 1.78. The van der Waals surface area contributed by atoms with Crippen LogP contribution in [0.3, 0.4) is 0 Å². The van der Waals surface area contributed by atoms with Crippen molar-refractivity contribution in [2.75, 3.05) is 20.6 Å². The van der Waals surface area contributed by atoms with Crippen LogP contribution in [0.5, 0.6) is 0 Å². The van der Waals surface area contributed by atoms with Gasteiger partial charge in [0, 0.05) is 18.5 Å². The van der Waals surface area contributed by atoms with Crippen molar-refractivity contribution >= 4 is 11.9 Å². The van der Waals surface area contributed by atoms with Gasteiger partial charge in [-0.25, -0.2) is 0 Å². The number of fused-ring (bicyclic) bond motifs is 1. The Morgan fingerprint density at radius 1 is 1.26 bits per heavy atom. The molecule has 3 rings (SSSR count). The Hall–Kier alpha value is -1.88. The van der Waals surface area contributed by atoms with Gasteiger partial charge in [-0.05, 0) is 44.5 Å². The molecule has 0 saturated heterocycles. The Bertz CT molecular complexity index is 608. The second-order valence-corrected chi connectivity index (χ2v) is 6.88. The summed E-state index contributed by atoms with van der Waals surface area (Å²) in [6.07, 6.45) is 2.54. The van der Waals surface area contributed by atoms with Crippen LogP contribution in [-0.4, -0.2) is 53.5 Å². The van der Waals surface area contributed by atoms with Gasteiger partial charge in [-0.15, -0.1) is 0 Å². The van der Waals surface area contributed by atoms with Crippen molar-refractivity contribution in [3.05, 3.63) is 35.4 Å². The Morgan fingerprint density at radius 2 is 1.96 bits per heavy atom. The summed E-state index contributed by atoms with van der Waals surface area (Å²) in [5.41, 5.74) is 2.17. The van der Waals surface area contributed by atoms with Crippen molar-refractivity contribution in [3.63, 3.8) is 0 Å². The molecule has 0 aromatic heterocycles. The molecule has 1 aliphatic carbocycles. The van der Waals surface area contributed by atoms with E-state index in [0.717, 1.165) is 24.8 Å². The number of carbonyl (C=O) groups excluding carboxylic acids is 1. The lowest BCUT2D eigenvalue weighted by Crippen LogP contribution is -2.51. The molecule has 23 heavy (non-hydrogen) atoms. The molecule has 1 saturated carbocycles. The molecule has 1 atom stereocenters. The maximum Gasteiger partial charge on any atom is 0.305 e. The molecular formula is C18H24N2O3. The number of carboxylic acids is 1. The molecule has 1 heterocycles. The smallest absolute Gasteiger partial charge is 0.305 e. The summed E-state index contributed by atoms with van der Waals surface area (Å²) < 4.78 is 0. The third-order valence-electron chi connectivity index (χ3n) is 5.26. The van der Waals surface area contributed by atoms with Crippen LogP contribution in [0.2, 0.25) is 0 Å². The molecule has 2 aliphatic rings. The van der Waals surface area contributed by atoms with Gasteiger partial charge in [-0.1, -0.05) is 24.3 Å². The van der Waals surface area contributed by atoms with Gasteiger partial charge in [0.1, 0.15) is 0 Å². The van der Waals surface area contributed by atoms with Crippen molar-refractivity contribution in [1.82, 2.24) is 9.80 Å². The number of hydrogen-bond donors (Lipinski definition) is 1. The molecule has 0 radical (unpaired) electrons. The molecule has 5 heteroatoms. The lowest BCUT2D eigenvalue weighted by Gasteiger charge is -2.44. The van der Waals surface area contributed by atoms with E-state index >= 15 is 0 Å². The van der Waals surface area contributed by atoms with E-state index in [1.165, 1.54) is 5.56 Å². The molecule has 1 N–H and O–H groups in total. The van der Waals surface area contributed by atoms with Crippen LogP contribution in [-0.2, 0) is 16.0 Å². The zero-order chi connectivity index (χ0) is 16.6. The average molecular weight is 316 g/mol. The number of carboxylic acid groups (broad SMARTS) is 1. The maximum absolute atomic E-state index is 12.9. The molecule has 124 valence electrons. The minimum Gasteiger partial charge on any atom is -0.481 e.